The number of unbranched alkanes of at least 4 members (excludes halogenated alkanes) is 1. The molecule has 1 saturated heterocycles. The van der Waals surface area contributed by atoms with Gasteiger partial charge in [0, 0.05) is 189 Å². The van der Waals surface area contributed by atoms with Crippen molar-refractivity contribution in [1.29, 1.82) is 0 Å². The van der Waals surface area contributed by atoms with Crippen molar-refractivity contribution in [3.05, 3.63) is 0 Å². The molecule has 4 N–H and O–H groups in total. The Morgan fingerprint density at radius 2 is 1.60 bits per heavy atom. The number of ether oxygens (including phenoxy) is 2. The molecule has 0 aromatic carbocycles. The van der Waals surface area contributed by atoms with E-state index < -0.39 is 37.3 Å². The number of hydrogen-bond donors (Lipinski definition) is 4. The molecule has 0 aliphatic carbocycles. The van der Waals surface area contributed by atoms with E-state index in [1.807, 2.05) is 6.92 Å². The molecule has 1 aliphatic heterocycles. The summed E-state index contributed by atoms with van der Waals surface area (Å²) in [6.07, 6.45) is -3.92. The fourth-order valence-electron chi connectivity index (χ4n) is 2.16. The maximum Gasteiger partial charge on any atom is 0.186 e. The summed E-state index contributed by atoms with van der Waals surface area (Å²) < 4.78 is 10.6. The second-order valence-electron chi connectivity index (χ2n) is 5.58. The molecule has 0 aromatic rings. The minimum atomic E-state index is -1.42. The van der Waals surface area contributed by atoms with Crippen LogP contribution in [-0.4, -0.2) is 70.1 Å². The van der Waals surface area contributed by atoms with Crippen LogP contribution in [0.1, 0.15) is 33.1 Å². The fraction of sp³-hybridized carbons (Fsp3) is 0.929. The van der Waals surface area contributed by atoms with Gasteiger partial charge < -0.3 is 29.9 Å². The van der Waals surface area contributed by atoms with Crippen molar-refractivity contribution < 1.29 is 211 Å². The standard InChI is InChI=1S/C14H26O7.4Ac/c1-8(9(2)16)5-3-4-6-20-14-13(19)12(18)11(17)10(7-15)21-14;;;;/h8,10-15,17-19H,3-7H2,1-2H3;;;;/t8-,10?,11-,12-,13?,14+;;;;/m0..../s1. The van der Waals surface area contributed by atoms with Gasteiger partial charge in [-0.3, -0.25) is 4.79 Å². The molecule has 25 heavy (non-hydrogen) atoms. The molecule has 6 atom stereocenters. The molecule has 1 rings (SSSR count). The van der Waals surface area contributed by atoms with Gasteiger partial charge in [0.15, 0.2) is 6.29 Å². The Morgan fingerprint density at radius 3 is 2.08 bits per heavy atom. The van der Waals surface area contributed by atoms with E-state index in [2.05, 4.69) is 0 Å². The smallest absolute Gasteiger partial charge is 0.186 e. The first-order valence-corrected chi connectivity index (χ1v) is 7.31. The average Bonchev–Trinajstić information content (AvgIpc) is 2.46. The molecule has 11 heteroatoms. The Bertz CT molecular complexity index is 336. The molecule has 0 bridgehead atoms. The van der Waals surface area contributed by atoms with Gasteiger partial charge in [0.2, 0.25) is 0 Å². The van der Waals surface area contributed by atoms with Crippen LogP contribution in [0.25, 0.3) is 0 Å². The monoisotopic (exact) mass is 1210 g/mol. The number of carbonyl (C=O) groups is 1. The van der Waals surface area contributed by atoms with Gasteiger partial charge in [-0.25, -0.2) is 0 Å². The van der Waals surface area contributed by atoms with Crippen LogP contribution in [0.5, 0.6) is 0 Å². The van der Waals surface area contributed by atoms with E-state index >= 15 is 0 Å². The molecule has 136 valence electrons. The third-order valence-electron chi connectivity index (χ3n) is 3.86. The zero-order chi connectivity index (χ0) is 16.0. The molecule has 7 nitrogen and oxygen atoms in total. The number of carbonyl (C=O) groups excluding carboxylic acids is 1. The van der Waals surface area contributed by atoms with Crippen LogP contribution in [0.4, 0.5) is 0 Å². The Kier molecular flexibility index (Phi) is 31.6. The first-order valence-electron chi connectivity index (χ1n) is 7.31. The van der Waals surface area contributed by atoms with E-state index in [1.54, 1.807) is 6.92 Å². The summed E-state index contributed by atoms with van der Waals surface area (Å²) in [5.74, 6) is 0.183. The maximum atomic E-state index is 11.1. The summed E-state index contributed by atoms with van der Waals surface area (Å²) in [5.41, 5.74) is 0. The average molecular weight is 1210 g/mol. The molecule has 0 amide bonds. The van der Waals surface area contributed by atoms with Crippen LogP contribution >= 0.6 is 0 Å². The molecule has 0 saturated carbocycles. The van der Waals surface area contributed by atoms with Gasteiger partial charge in [0.05, 0.1) is 6.61 Å². The van der Waals surface area contributed by atoms with Gasteiger partial charge in [0.1, 0.15) is 30.2 Å². The fourth-order valence-corrected chi connectivity index (χ4v) is 2.16. The SMILES string of the molecule is CC(=O)[C@@H](C)CCCCO[C@@H]1OC(CO)[C@H](O)[C@H](O)C1O.[Ac].[Ac].[Ac].[Ac]. The van der Waals surface area contributed by atoms with Crippen LogP contribution in [0.3, 0.4) is 0 Å². The normalized spacial score (nSPS) is 29.1. The third-order valence-corrected chi connectivity index (χ3v) is 3.86. The molecule has 0 spiro atoms. The van der Waals surface area contributed by atoms with Crippen molar-refractivity contribution >= 4 is 5.78 Å². The quantitative estimate of drug-likeness (QED) is 0.236. The largest absolute Gasteiger partial charge is 0.394 e. The minimum absolute atomic E-state index is 0. The van der Waals surface area contributed by atoms with Gasteiger partial charge >= 0.3 is 0 Å². The van der Waals surface area contributed by atoms with Crippen molar-refractivity contribution in [2.75, 3.05) is 13.2 Å². The minimum Gasteiger partial charge on any atom is -0.394 e. The molecule has 0 aromatic heterocycles. The number of aliphatic hydroxyl groups is 4. The van der Waals surface area contributed by atoms with E-state index in [4.69, 9.17) is 14.6 Å². The predicted octanol–water partition coefficient (Wildman–Crippen LogP) is -0.802. The van der Waals surface area contributed by atoms with E-state index in [1.165, 1.54) is 0 Å². The van der Waals surface area contributed by atoms with E-state index in [0.717, 1.165) is 12.8 Å². The van der Waals surface area contributed by atoms with Crippen molar-refractivity contribution in [3.63, 3.8) is 0 Å². The van der Waals surface area contributed by atoms with Gasteiger partial charge in [-0.15, -0.1) is 0 Å². The van der Waals surface area contributed by atoms with Gasteiger partial charge in [0.25, 0.3) is 0 Å². The zero-order valence-corrected chi connectivity index (χ0v) is 33.8. The first-order chi connectivity index (χ1) is 9.88. The Hall–Kier alpha value is 5.20. The number of rotatable bonds is 8. The van der Waals surface area contributed by atoms with E-state index in [-0.39, 0.29) is 188 Å². The summed E-state index contributed by atoms with van der Waals surface area (Å²) in [4.78, 5) is 11.1. The van der Waals surface area contributed by atoms with E-state index in [0.29, 0.717) is 13.0 Å². The van der Waals surface area contributed by atoms with Crippen molar-refractivity contribution in [2.24, 2.45) is 5.92 Å². The van der Waals surface area contributed by atoms with Crippen LogP contribution in [0, 0.1) is 182 Å². The number of hydrogen-bond acceptors (Lipinski definition) is 7. The van der Waals surface area contributed by atoms with Gasteiger partial charge in [-0.1, -0.05) is 13.3 Å². The number of aliphatic hydroxyl groups excluding tert-OH is 4. The maximum absolute atomic E-state index is 11.1. The summed E-state index contributed by atoms with van der Waals surface area (Å²) in [6.45, 7) is 3.27. The third kappa shape index (κ3) is 14.1. The summed E-state index contributed by atoms with van der Waals surface area (Å²) >= 11 is 0. The van der Waals surface area contributed by atoms with E-state index in [9.17, 15) is 20.1 Å². The first kappa shape index (κ1) is 37.5. The van der Waals surface area contributed by atoms with Crippen LogP contribution in [-0.2, 0) is 14.3 Å². The second kappa shape index (κ2) is 21.1. The molecule has 4 radical (unpaired) electrons. The molecular formula is C14H26Ac4O7. The molecular weight excluding hydrogens is 1190 g/mol. The van der Waals surface area contributed by atoms with Crippen molar-refractivity contribution in [3.8, 4) is 0 Å². The van der Waals surface area contributed by atoms with Crippen molar-refractivity contribution in [1.82, 2.24) is 0 Å². The topological polar surface area (TPSA) is 116 Å². The van der Waals surface area contributed by atoms with Crippen LogP contribution in [0.15, 0.2) is 0 Å². The molecule has 1 aliphatic rings. The summed E-state index contributed by atoms with van der Waals surface area (Å²) in [7, 11) is 0. The number of ketones is 1. The molecule has 1 heterocycles. The number of Topliss-reactive ketones (excluding diaryl/α,β-unsaturated/α-hetero) is 1. The Labute approximate surface area is 292 Å². The van der Waals surface area contributed by atoms with Gasteiger partial charge in [-0.2, -0.15) is 0 Å². The van der Waals surface area contributed by atoms with Crippen LogP contribution < -0.4 is 0 Å². The molecule has 1 fully saturated rings. The molecule has 2 unspecified atom stereocenters. The summed E-state index contributed by atoms with van der Waals surface area (Å²) in [5, 5.41) is 38.0. The second-order valence-corrected chi connectivity index (χ2v) is 5.58. The zero-order valence-electron chi connectivity index (χ0n) is 14.8. The Morgan fingerprint density at radius 1 is 1.04 bits per heavy atom. The van der Waals surface area contributed by atoms with Gasteiger partial charge in [-0.05, 0) is 19.8 Å². The van der Waals surface area contributed by atoms with Crippen LogP contribution in [0.2, 0.25) is 0 Å². The Balaban J connectivity index is -0.000000551. The summed E-state index contributed by atoms with van der Waals surface area (Å²) in [6, 6.07) is 0. The van der Waals surface area contributed by atoms with Crippen molar-refractivity contribution in [2.45, 2.75) is 63.8 Å². The predicted molar refractivity (Wildman–Crippen MR) is 73.4 cm³/mol.